The van der Waals surface area contributed by atoms with Crippen LogP contribution in [0.2, 0.25) is 0 Å². The van der Waals surface area contributed by atoms with Crippen LogP contribution in [0.25, 0.3) is 0 Å². The van der Waals surface area contributed by atoms with Crippen molar-refractivity contribution in [2.24, 2.45) is 5.92 Å². The monoisotopic (exact) mass is 376 g/mol. The summed E-state index contributed by atoms with van der Waals surface area (Å²) in [6.07, 6.45) is 1.72. The SMILES string of the molecule is CC1CCN(S(=O)(=O)c2ccc(NC(=O)c3cccc(F)c3)cc2)CC1. The van der Waals surface area contributed by atoms with Gasteiger partial charge < -0.3 is 5.32 Å². The van der Waals surface area contributed by atoms with Crippen molar-refractivity contribution in [3.63, 3.8) is 0 Å². The van der Waals surface area contributed by atoms with E-state index in [-0.39, 0.29) is 10.5 Å². The molecule has 0 atom stereocenters. The van der Waals surface area contributed by atoms with E-state index >= 15 is 0 Å². The Morgan fingerprint density at radius 2 is 1.77 bits per heavy atom. The molecule has 1 N–H and O–H groups in total. The maximum absolute atomic E-state index is 13.2. The smallest absolute Gasteiger partial charge is 0.255 e. The second-order valence-electron chi connectivity index (χ2n) is 6.58. The number of hydrogen-bond acceptors (Lipinski definition) is 3. The largest absolute Gasteiger partial charge is 0.322 e. The number of nitrogens with one attached hydrogen (secondary N) is 1. The zero-order valence-electron chi connectivity index (χ0n) is 14.5. The van der Waals surface area contributed by atoms with E-state index in [4.69, 9.17) is 0 Å². The van der Waals surface area contributed by atoms with Gasteiger partial charge in [-0.3, -0.25) is 4.79 Å². The first-order valence-corrected chi connectivity index (χ1v) is 9.97. The highest BCUT2D eigenvalue weighted by Crippen LogP contribution is 2.24. The van der Waals surface area contributed by atoms with Gasteiger partial charge in [0.25, 0.3) is 5.91 Å². The van der Waals surface area contributed by atoms with Crippen molar-refractivity contribution in [2.75, 3.05) is 18.4 Å². The van der Waals surface area contributed by atoms with E-state index in [0.717, 1.165) is 18.9 Å². The summed E-state index contributed by atoms with van der Waals surface area (Å²) in [5.41, 5.74) is 0.648. The Kier molecular flexibility index (Phi) is 5.38. The van der Waals surface area contributed by atoms with Crippen molar-refractivity contribution in [1.82, 2.24) is 4.31 Å². The zero-order chi connectivity index (χ0) is 18.7. The minimum atomic E-state index is -3.52. The van der Waals surface area contributed by atoms with E-state index in [1.54, 1.807) is 0 Å². The van der Waals surface area contributed by atoms with Crippen molar-refractivity contribution in [3.05, 3.63) is 59.9 Å². The van der Waals surface area contributed by atoms with Crippen LogP contribution >= 0.6 is 0 Å². The molecule has 5 nitrogen and oxygen atoms in total. The molecule has 0 radical (unpaired) electrons. The second-order valence-corrected chi connectivity index (χ2v) is 8.51. The Morgan fingerprint density at radius 3 is 2.38 bits per heavy atom. The average Bonchev–Trinajstić information content (AvgIpc) is 2.62. The minimum absolute atomic E-state index is 0.198. The van der Waals surface area contributed by atoms with Gasteiger partial charge in [-0.05, 0) is 61.2 Å². The molecule has 26 heavy (non-hydrogen) atoms. The molecule has 138 valence electrons. The topological polar surface area (TPSA) is 66.5 Å². The lowest BCUT2D eigenvalue weighted by molar-refractivity contribution is 0.102. The second kappa shape index (κ2) is 7.55. The first-order valence-electron chi connectivity index (χ1n) is 8.53. The normalized spacial score (nSPS) is 16.4. The summed E-state index contributed by atoms with van der Waals surface area (Å²) in [7, 11) is -3.52. The predicted molar refractivity (Wildman–Crippen MR) is 98.0 cm³/mol. The molecule has 1 aliphatic heterocycles. The van der Waals surface area contributed by atoms with Gasteiger partial charge in [0.2, 0.25) is 10.0 Å². The number of anilines is 1. The maximum atomic E-state index is 13.2. The fourth-order valence-corrected chi connectivity index (χ4v) is 4.39. The Labute approximate surface area is 152 Å². The van der Waals surface area contributed by atoms with Crippen molar-refractivity contribution < 1.29 is 17.6 Å². The third-order valence-electron chi connectivity index (χ3n) is 4.58. The lowest BCUT2D eigenvalue weighted by Gasteiger charge is -2.29. The number of halogens is 1. The van der Waals surface area contributed by atoms with Gasteiger partial charge in [0.1, 0.15) is 5.82 Å². The zero-order valence-corrected chi connectivity index (χ0v) is 15.3. The maximum Gasteiger partial charge on any atom is 0.255 e. The molecule has 1 amide bonds. The van der Waals surface area contributed by atoms with Crippen LogP contribution in [0.15, 0.2) is 53.4 Å². The van der Waals surface area contributed by atoms with Crippen LogP contribution in [0.1, 0.15) is 30.1 Å². The molecule has 0 unspecified atom stereocenters. The molecule has 0 aliphatic carbocycles. The van der Waals surface area contributed by atoms with Gasteiger partial charge in [0.05, 0.1) is 4.90 Å². The molecular weight excluding hydrogens is 355 g/mol. The lowest BCUT2D eigenvalue weighted by atomic mass is 10.0. The summed E-state index contributed by atoms with van der Waals surface area (Å²) >= 11 is 0. The van der Waals surface area contributed by atoms with Gasteiger partial charge in [-0.1, -0.05) is 13.0 Å². The highest BCUT2D eigenvalue weighted by Gasteiger charge is 2.27. The third kappa shape index (κ3) is 4.11. The Hall–Kier alpha value is -2.25. The Balaban J connectivity index is 1.71. The fourth-order valence-electron chi connectivity index (χ4n) is 2.92. The molecule has 7 heteroatoms. The van der Waals surface area contributed by atoms with Crippen molar-refractivity contribution in [3.8, 4) is 0 Å². The number of carbonyl (C=O) groups is 1. The third-order valence-corrected chi connectivity index (χ3v) is 6.49. The molecule has 0 aromatic heterocycles. The number of hydrogen-bond donors (Lipinski definition) is 1. The molecular formula is C19H21FN2O3S. The van der Waals surface area contributed by atoms with Gasteiger partial charge >= 0.3 is 0 Å². The van der Waals surface area contributed by atoms with Crippen LogP contribution in [0.3, 0.4) is 0 Å². The van der Waals surface area contributed by atoms with Crippen LogP contribution in [-0.4, -0.2) is 31.7 Å². The molecule has 0 spiro atoms. The van der Waals surface area contributed by atoms with Crippen molar-refractivity contribution in [2.45, 2.75) is 24.7 Å². The number of nitrogens with zero attached hydrogens (tertiary/aromatic N) is 1. The molecule has 0 saturated carbocycles. The summed E-state index contributed by atoms with van der Waals surface area (Å²) in [5.74, 6) is -0.401. The molecule has 1 saturated heterocycles. The van der Waals surface area contributed by atoms with E-state index in [1.165, 1.54) is 46.8 Å². The Bertz CT molecular complexity index is 889. The van der Waals surface area contributed by atoms with E-state index in [2.05, 4.69) is 12.2 Å². The van der Waals surface area contributed by atoms with Crippen LogP contribution in [0, 0.1) is 11.7 Å². The van der Waals surface area contributed by atoms with Gasteiger partial charge in [-0.15, -0.1) is 0 Å². The number of benzene rings is 2. The quantitative estimate of drug-likeness (QED) is 0.888. The van der Waals surface area contributed by atoms with Gasteiger partial charge in [0.15, 0.2) is 0 Å². The van der Waals surface area contributed by atoms with Crippen LogP contribution in [0.5, 0.6) is 0 Å². The summed E-state index contributed by atoms with van der Waals surface area (Å²) < 4.78 is 40.1. The standard InChI is InChI=1S/C19H21FN2O3S/c1-14-9-11-22(12-10-14)26(24,25)18-7-5-17(6-8-18)21-19(23)15-3-2-4-16(20)13-15/h2-8,13-14H,9-12H2,1H3,(H,21,23). The van der Waals surface area contributed by atoms with Gasteiger partial charge in [-0.2, -0.15) is 4.31 Å². The van der Waals surface area contributed by atoms with Crippen molar-refractivity contribution in [1.29, 1.82) is 0 Å². The minimum Gasteiger partial charge on any atom is -0.322 e. The predicted octanol–water partition coefficient (Wildman–Crippen LogP) is 3.50. The first kappa shape index (κ1) is 18.5. The number of rotatable bonds is 4. The first-order chi connectivity index (χ1) is 12.4. The van der Waals surface area contributed by atoms with Crippen LogP contribution in [-0.2, 0) is 10.0 Å². The Morgan fingerprint density at radius 1 is 1.12 bits per heavy atom. The molecule has 0 bridgehead atoms. The molecule has 1 aliphatic rings. The summed E-state index contributed by atoms with van der Waals surface area (Å²) in [6.45, 7) is 3.18. The number of carbonyl (C=O) groups excluding carboxylic acids is 1. The van der Waals surface area contributed by atoms with Crippen LogP contribution < -0.4 is 5.32 Å². The summed E-state index contributed by atoms with van der Waals surface area (Å²) in [4.78, 5) is 12.3. The van der Waals surface area contributed by atoms with E-state index < -0.39 is 21.7 Å². The molecule has 1 heterocycles. The average molecular weight is 376 g/mol. The van der Waals surface area contributed by atoms with Crippen LogP contribution in [0.4, 0.5) is 10.1 Å². The van der Waals surface area contributed by atoms with Gasteiger partial charge in [0, 0.05) is 24.3 Å². The fraction of sp³-hybridized carbons (Fsp3) is 0.316. The molecule has 2 aromatic rings. The van der Waals surface area contributed by atoms with E-state index in [1.807, 2.05) is 0 Å². The van der Waals surface area contributed by atoms with E-state index in [0.29, 0.717) is 24.7 Å². The number of sulfonamides is 1. The summed E-state index contributed by atoms with van der Waals surface area (Å²) in [6, 6.07) is 11.4. The van der Waals surface area contributed by atoms with E-state index in [9.17, 15) is 17.6 Å². The molecule has 2 aromatic carbocycles. The van der Waals surface area contributed by atoms with Gasteiger partial charge in [-0.25, -0.2) is 12.8 Å². The molecule has 3 rings (SSSR count). The van der Waals surface area contributed by atoms with Crippen molar-refractivity contribution >= 4 is 21.6 Å². The number of amides is 1. The highest BCUT2D eigenvalue weighted by molar-refractivity contribution is 7.89. The summed E-state index contributed by atoms with van der Waals surface area (Å²) in [5, 5.41) is 2.64. The number of piperidine rings is 1. The lowest BCUT2D eigenvalue weighted by Crippen LogP contribution is -2.37. The molecule has 1 fully saturated rings. The highest BCUT2D eigenvalue weighted by atomic mass is 32.2.